The molecule has 0 radical (unpaired) electrons. The maximum absolute atomic E-state index is 2.30. The summed E-state index contributed by atoms with van der Waals surface area (Å²) >= 11 is 0. The van der Waals surface area contributed by atoms with Crippen molar-refractivity contribution in [2.24, 2.45) is 11.8 Å². The molecule has 0 aliphatic heterocycles. The average molecular weight is 230 g/mol. The van der Waals surface area contributed by atoms with Crippen LogP contribution >= 0.6 is 0 Å². The first kappa shape index (κ1) is 21.3. The number of hydrogen-bond acceptors (Lipinski definition) is 0. The summed E-state index contributed by atoms with van der Waals surface area (Å²) in [6.45, 7) is 17.6. The third kappa shape index (κ3) is 23.7. The predicted molar refractivity (Wildman–Crippen MR) is 80.1 cm³/mol. The molecule has 0 spiro atoms. The minimum Gasteiger partial charge on any atom is -0.0683 e. The van der Waals surface area contributed by atoms with Gasteiger partial charge >= 0.3 is 0 Å². The Bertz CT molecular complexity index is 80.0. The molecule has 0 heteroatoms. The van der Waals surface area contributed by atoms with Crippen LogP contribution in [0.2, 0.25) is 0 Å². The maximum atomic E-state index is 2.30. The molecule has 0 saturated carbocycles. The van der Waals surface area contributed by atoms with E-state index in [-0.39, 0.29) is 0 Å². The zero-order chi connectivity index (χ0) is 13.4. The maximum Gasteiger partial charge on any atom is -0.0422 e. The van der Waals surface area contributed by atoms with Gasteiger partial charge in [0.2, 0.25) is 0 Å². The van der Waals surface area contributed by atoms with Crippen LogP contribution in [0.1, 0.15) is 93.9 Å². The molecular weight excluding hydrogens is 192 g/mol. The van der Waals surface area contributed by atoms with Gasteiger partial charge in [-0.05, 0) is 11.8 Å². The first-order valence-corrected chi connectivity index (χ1v) is 7.59. The lowest BCUT2D eigenvalue weighted by molar-refractivity contribution is 0.407. The third-order valence-electron chi connectivity index (χ3n) is 2.99. The van der Waals surface area contributed by atoms with E-state index in [9.17, 15) is 0 Å². The summed E-state index contributed by atoms with van der Waals surface area (Å²) in [6.07, 6.45) is 8.33. The molecule has 0 saturated heterocycles. The summed E-state index contributed by atoms with van der Waals surface area (Å²) < 4.78 is 0. The lowest BCUT2D eigenvalue weighted by Crippen LogP contribution is -2.00. The van der Waals surface area contributed by atoms with Crippen molar-refractivity contribution in [1.29, 1.82) is 0 Å². The Hall–Kier alpha value is 0. The van der Waals surface area contributed by atoms with Crippen LogP contribution in [-0.2, 0) is 0 Å². The largest absolute Gasteiger partial charge is 0.0683 e. The molecule has 1 unspecified atom stereocenters. The standard InChI is InChI=1S/2C7H16.C2H6/c1-5-7(4)6(2)3;1-3-5-7-6-4-2;1-2/h6-7H,5H2,1-4H3;3-7H2,1-2H3;1-2H3. The molecule has 1 atom stereocenters. The first-order valence-electron chi connectivity index (χ1n) is 7.59. The summed E-state index contributed by atoms with van der Waals surface area (Å²) in [7, 11) is 0. The van der Waals surface area contributed by atoms with Gasteiger partial charge in [0.25, 0.3) is 0 Å². The number of hydrogen-bond donors (Lipinski definition) is 0. The van der Waals surface area contributed by atoms with Crippen LogP contribution in [0, 0.1) is 11.8 Å². The minimum absolute atomic E-state index is 0.866. The van der Waals surface area contributed by atoms with Gasteiger partial charge in [-0.15, -0.1) is 0 Å². The second kappa shape index (κ2) is 20.4. The Kier molecular flexibility index (Phi) is 27.2. The monoisotopic (exact) mass is 230 g/mol. The highest BCUT2D eigenvalue weighted by atomic mass is 14.1. The van der Waals surface area contributed by atoms with Gasteiger partial charge in [-0.3, -0.25) is 0 Å². The van der Waals surface area contributed by atoms with E-state index >= 15 is 0 Å². The fraction of sp³-hybridized carbons (Fsp3) is 1.00. The Labute approximate surface area is 106 Å². The van der Waals surface area contributed by atoms with Crippen LogP contribution < -0.4 is 0 Å². The van der Waals surface area contributed by atoms with Crippen LogP contribution in [-0.4, -0.2) is 0 Å². The molecule has 0 aliphatic carbocycles. The Morgan fingerprint density at radius 3 is 1.19 bits per heavy atom. The van der Waals surface area contributed by atoms with Crippen molar-refractivity contribution in [2.75, 3.05) is 0 Å². The van der Waals surface area contributed by atoms with Crippen molar-refractivity contribution in [2.45, 2.75) is 93.9 Å². The van der Waals surface area contributed by atoms with Crippen LogP contribution in [0.3, 0.4) is 0 Å². The van der Waals surface area contributed by atoms with Crippen LogP contribution in [0.25, 0.3) is 0 Å². The summed E-state index contributed by atoms with van der Waals surface area (Å²) in [5, 5.41) is 0. The summed E-state index contributed by atoms with van der Waals surface area (Å²) in [6, 6.07) is 0. The summed E-state index contributed by atoms with van der Waals surface area (Å²) in [5.41, 5.74) is 0. The van der Waals surface area contributed by atoms with Gasteiger partial charge in [-0.25, -0.2) is 0 Å². The highest BCUT2D eigenvalue weighted by molar-refractivity contribution is 4.52. The van der Waals surface area contributed by atoms with Crippen molar-refractivity contribution in [3.05, 3.63) is 0 Å². The summed E-state index contributed by atoms with van der Waals surface area (Å²) in [4.78, 5) is 0. The molecule has 0 N–H and O–H groups in total. The Morgan fingerprint density at radius 2 is 1.06 bits per heavy atom. The van der Waals surface area contributed by atoms with E-state index in [2.05, 4.69) is 41.5 Å². The number of unbranched alkanes of at least 4 members (excludes halogenated alkanes) is 4. The fourth-order valence-electron chi connectivity index (χ4n) is 1.15. The van der Waals surface area contributed by atoms with Crippen molar-refractivity contribution in [3.63, 3.8) is 0 Å². The highest BCUT2D eigenvalue weighted by Gasteiger charge is 2.01. The molecule has 0 aromatic rings. The highest BCUT2D eigenvalue weighted by Crippen LogP contribution is 2.11. The zero-order valence-corrected chi connectivity index (χ0v) is 13.4. The Morgan fingerprint density at radius 1 is 0.688 bits per heavy atom. The Balaban J connectivity index is -0.000000183. The normalized spacial score (nSPS) is 11.1. The molecule has 0 aromatic carbocycles. The first-order chi connectivity index (χ1) is 7.59. The molecule has 0 rings (SSSR count). The molecule has 0 heterocycles. The van der Waals surface area contributed by atoms with Gasteiger partial charge in [0.1, 0.15) is 0 Å². The van der Waals surface area contributed by atoms with E-state index in [1.54, 1.807) is 0 Å². The van der Waals surface area contributed by atoms with E-state index in [0.29, 0.717) is 0 Å². The second-order valence-corrected chi connectivity index (χ2v) is 4.69. The molecule has 0 bridgehead atoms. The van der Waals surface area contributed by atoms with Crippen molar-refractivity contribution in [3.8, 4) is 0 Å². The van der Waals surface area contributed by atoms with Crippen molar-refractivity contribution in [1.82, 2.24) is 0 Å². The van der Waals surface area contributed by atoms with Crippen LogP contribution in [0.15, 0.2) is 0 Å². The van der Waals surface area contributed by atoms with E-state index < -0.39 is 0 Å². The smallest absolute Gasteiger partial charge is 0.0422 e. The van der Waals surface area contributed by atoms with Crippen LogP contribution in [0.5, 0.6) is 0 Å². The van der Waals surface area contributed by atoms with Gasteiger partial charge < -0.3 is 0 Å². The topological polar surface area (TPSA) is 0 Å². The van der Waals surface area contributed by atoms with Crippen molar-refractivity contribution < 1.29 is 0 Å². The predicted octanol–water partition coefficient (Wildman–Crippen LogP) is 6.69. The quantitative estimate of drug-likeness (QED) is 0.446. The molecule has 0 nitrogen and oxygen atoms in total. The zero-order valence-electron chi connectivity index (χ0n) is 13.4. The van der Waals surface area contributed by atoms with E-state index in [4.69, 9.17) is 0 Å². The molecule has 0 fully saturated rings. The SMILES string of the molecule is CC.CCC(C)C(C)C.CCCCCCC. The van der Waals surface area contributed by atoms with Gasteiger partial charge in [-0.1, -0.05) is 93.9 Å². The molecule has 0 amide bonds. The van der Waals surface area contributed by atoms with Gasteiger partial charge in [-0.2, -0.15) is 0 Å². The van der Waals surface area contributed by atoms with Gasteiger partial charge in [0.05, 0.1) is 0 Å². The summed E-state index contributed by atoms with van der Waals surface area (Å²) in [5.74, 6) is 1.77. The van der Waals surface area contributed by atoms with E-state index in [1.165, 1.54) is 38.5 Å². The molecule has 0 aromatic heterocycles. The van der Waals surface area contributed by atoms with Gasteiger partial charge in [0, 0.05) is 0 Å². The molecule has 0 aliphatic rings. The lowest BCUT2D eigenvalue weighted by atomic mass is 9.96. The lowest BCUT2D eigenvalue weighted by Gasteiger charge is -2.10. The second-order valence-electron chi connectivity index (χ2n) is 4.69. The van der Waals surface area contributed by atoms with E-state index in [0.717, 1.165) is 11.8 Å². The van der Waals surface area contributed by atoms with Crippen molar-refractivity contribution >= 4 is 0 Å². The third-order valence-corrected chi connectivity index (χ3v) is 2.99. The average Bonchev–Trinajstić information content (AvgIpc) is 2.32. The van der Waals surface area contributed by atoms with E-state index in [1.807, 2.05) is 13.8 Å². The van der Waals surface area contributed by atoms with Gasteiger partial charge in [0.15, 0.2) is 0 Å². The molecule has 102 valence electrons. The number of rotatable bonds is 6. The fourth-order valence-corrected chi connectivity index (χ4v) is 1.15. The van der Waals surface area contributed by atoms with Crippen LogP contribution in [0.4, 0.5) is 0 Å². The molecular formula is C16H38. The minimum atomic E-state index is 0.866. The molecule has 16 heavy (non-hydrogen) atoms.